The summed E-state index contributed by atoms with van der Waals surface area (Å²) in [5.74, 6) is 0.319. The van der Waals surface area contributed by atoms with Crippen molar-refractivity contribution in [2.75, 3.05) is 26.2 Å². The molecule has 1 aliphatic rings. The second kappa shape index (κ2) is 19.6. The quantitative estimate of drug-likeness (QED) is 0.452. The molecule has 0 atom stereocenters. The van der Waals surface area contributed by atoms with Crippen molar-refractivity contribution in [3.05, 3.63) is 0 Å². The first kappa shape index (κ1) is 27.9. The monoisotopic (exact) mass is 452 g/mol. The molecular formula is C24H44N4O4. The predicted octanol–water partition coefficient (Wildman–Crippen LogP) is 2.71. The van der Waals surface area contributed by atoms with Gasteiger partial charge in [-0.2, -0.15) is 0 Å². The van der Waals surface area contributed by atoms with E-state index < -0.39 is 0 Å². The molecule has 0 aromatic heterocycles. The smallest absolute Gasteiger partial charge is 0.219 e. The molecule has 1 rings (SSSR count). The maximum absolute atomic E-state index is 11.8. The van der Waals surface area contributed by atoms with Gasteiger partial charge >= 0.3 is 0 Å². The lowest BCUT2D eigenvalue weighted by molar-refractivity contribution is -0.122. The lowest BCUT2D eigenvalue weighted by atomic mass is 10.1. The topological polar surface area (TPSA) is 116 Å². The summed E-state index contributed by atoms with van der Waals surface area (Å²) in [7, 11) is 0. The van der Waals surface area contributed by atoms with Crippen LogP contribution in [0.4, 0.5) is 0 Å². The minimum atomic E-state index is 0.0797. The lowest BCUT2D eigenvalue weighted by Gasteiger charge is -2.08. The van der Waals surface area contributed by atoms with Crippen LogP contribution in [0.3, 0.4) is 0 Å². The molecule has 0 bridgehead atoms. The van der Waals surface area contributed by atoms with E-state index in [9.17, 15) is 19.2 Å². The SMILES string of the molecule is O=C1CCCCCNC(=O)CCCCCNC(=O)CCCCCNC(=O)CCCCCN1. The van der Waals surface area contributed by atoms with E-state index in [1.54, 1.807) is 0 Å². The molecule has 1 aliphatic heterocycles. The van der Waals surface area contributed by atoms with Crippen LogP contribution in [0, 0.1) is 0 Å². The van der Waals surface area contributed by atoms with E-state index >= 15 is 0 Å². The first-order chi connectivity index (χ1) is 15.6. The first-order valence-electron chi connectivity index (χ1n) is 12.6. The fraction of sp³-hybridized carbons (Fsp3) is 0.833. The van der Waals surface area contributed by atoms with Crippen molar-refractivity contribution in [3.8, 4) is 0 Å². The van der Waals surface area contributed by atoms with Crippen molar-refractivity contribution in [3.63, 3.8) is 0 Å². The van der Waals surface area contributed by atoms with E-state index in [1.807, 2.05) is 0 Å². The van der Waals surface area contributed by atoms with Gasteiger partial charge in [0.05, 0.1) is 0 Å². The fourth-order valence-electron chi connectivity index (χ4n) is 3.61. The zero-order valence-electron chi connectivity index (χ0n) is 19.8. The van der Waals surface area contributed by atoms with Crippen molar-refractivity contribution in [2.24, 2.45) is 0 Å². The Morgan fingerprint density at radius 2 is 0.531 bits per heavy atom. The van der Waals surface area contributed by atoms with Gasteiger partial charge < -0.3 is 21.3 Å². The van der Waals surface area contributed by atoms with Crippen LogP contribution in [0.25, 0.3) is 0 Å². The highest BCUT2D eigenvalue weighted by molar-refractivity contribution is 5.77. The molecule has 1 fully saturated rings. The van der Waals surface area contributed by atoms with Crippen LogP contribution < -0.4 is 21.3 Å². The minimum Gasteiger partial charge on any atom is -0.356 e. The molecule has 0 unspecified atom stereocenters. The number of amides is 4. The highest BCUT2D eigenvalue weighted by atomic mass is 16.2. The van der Waals surface area contributed by atoms with Crippen LogP contribution in [0.1, 0.15) is 103 Å². The van der Waals surface area contributed by atoms with Gasteiger partial charge in [-0.3, -0.25) is 19.2 Å². The van der Waals surface area contributed by atoms with Gasteiger partial charge in [0.1, 0.15) is 0 Å². The number of carbonyl (C=O) groups is 4. The maximum Gasteiger partial charge on any atom is 0.219 e. The van der Waals surface area contributed by atoms with Crippen molar-refractivity contribution >= 4 is 23.6 Å². The average Bonchev–Trinajstić information content (AvgIpc) is 2.77. The van der Waals surface area contributed by atoms with Gasteiger partial charge in [-0.05, 0) is 51.4 Å². The molecule has 8 nitrogen and oxygen atoms in total. The van der Waals surface area contributed by atoms with Crippen molar-refractivity contribution in [2.45, 2.75) is 103 Å². The molecule has 0 spiro atoms. The normalized spacial score (nSPS) is 21.8. The van der Waals surface area contributed by atoms with E-state index in [-0.39, 0.29) is 23.6 Å². The van der Waals surface area contributed by atoms with Gasteiger partial charge in [0.25, 0.3) is 0 Å². The van der Waals surface area contributed by atoms with Crippen LogP contribution >= 0.6 is 0 Å². The summed E-state index contributed by atoms with van der Waals surface area (Å²) in [6.45, 7) is 2.63. The van der Waals surface area contributed by atoms with E-state index in [0.29, 0.717) is 51.9 Å². The minimum absolute atomic E-state index is 0.0797. The average molecular weight is 453 g/mol. The van der Waals surface area contributed by atoms with E-state index in [2.05, 4.69) is 21.3 Å². The third-order valence-corrected chi connectivity index (χ3v) is 5.61. The highest BCUT2D eigenvalue weighted by Crippen LogP contribution is 2.04. The summed E-state index contributed by atoms with van der Waals surface area (Å²) in [5.41, 5.74) is 0. The Balaban J connectivity index is 2.26. The zero-order chi connectivity index (χ0) is 23.3. The van der Waals surface area contributed by atoms with Gasteiger partial charge in [-0.15, -0.1) is 0 Å². The van der Waals surface area contributed by atoms with Gasteiger partial charge in [0.15, 0.2) is 0 Å². The first-order valence-corrected chi connectivity index (χ1v) is 12.6. The van der Waals surface area contributed by atoms with Gasteiger partial charge in [0.2, 0.25) is 23.6 Å². The molecule has 4 amide bonds. The summed E-state index contributed by atoms with van der Waals surface area (Å²) in [4.78, 5) is 47.4. The zero-order valence-corrected chi connectivity index (χ0v) is 19.8. The Bertz CT molecular complexity index is 418. The van der Waals surface area contributed by atoms with Crippen molar-refractivity contribution in [1.82, 2.24) is 21.3 Å². The molecule has 1 heterocycles. The van der Waals surface area contributed by atoms with Crippen molar-refractivity contribution in [1.29, 1.82) is 0 Å². The Morgan fingerprint density at radius 3 is 0.750 bits per heavy atom. The molecule has 0 saturated carbocycles. The number of carbonyl (C=O) groups excluding carboxylic acids is 4. The summed E-state index contributed by atoms with van der Waals surface area (Å²) in [6.07, 6.45) is 12.6. The van der Waals surface area contributed by atoms with Crippen LogP contribution in [0.2, 0.25) is 0 Å². The van der Waals surface area contributed by atoms with Crippen molar-refractivity contribution < 1.29 is 19.2 Å². The summed E-state index contributed by atoms with van der Waals surface area (Å²) in [6, 6.07) is 0. The predicted molar refractivity (Wildman–Crippen MR) is 126 cm³/mol. The van der Waals surface area contributed by atoms with E-state index in [1.165, 1.54) is 0 Å². The van der Waals surface area contributed by atoms with Crippen LogP contribution in [0.15, 0.2) is 0 Å². The summed E-state index contributed by atoms with van der Waals surface area (Å²) < 4.78 is 0. The molecule has 184 valence electrons. The van der Waals surface area contributed by atoms with Crippen LogP contribution in [0.5, 0.6) is 0 Å². The Kier molecular flexibility index (Phi) is 17.1. The largest absolute Gasteiger partial charge is 0.356 e. The number of rotatable bonds is 0. The lowest BCUT2D eigenvalue weighted by Crippen LogP contribution is -2.26. The third kappa shape index (κ3) is 17.5. The van der Waals surface area contributed by atoms with E-state index in [4.69, 9.17) is 0 Å². The Labute approximate surface area is 193 Å². The van der Waals surface area contributed by atoms with E-state index in [0.717, 1.165) is 77.0 Å². The molecule has 0 aromatic carbocycles. The molecule has 4 N–H and O–H groups in total. The number of nitrogens with one attached hydrogen (secondary N) is 4. The molecule has 0 aromatic rings. The molecule has 32 heavy (non-hydrogen) atoms. The Morgan fingerprint density at radius 1 is 0.312 bits per heavy atom. The summed E-state index contributed by atoms with van der Waals surface area (Å²) >= 11 is 0. The molecule has 0 aliphatic carbocycles. The maximum atomic E-state index is 11.8. The highest BCUT2D eigenvalue weighted by Gasteiger charge is 2.05. The molecule has 0 radical (unpaired) electrons. The van der Waals surface area contributed by atoms with Crippen LogP contribution in [-0.4, -0.2) is 49.8 Å². The molecule has 8 heteroatoms. The third-order valence-electron chi connectivity index (χ3n) is 5.61. The molecular weight excluding hydrogens is 408 g/mol. The van der Waals surface area contributed by atoms with Gasteiger partial charge in [-0.25, -0.2) is 0 Å². The van der Waals surface area contributed by atoms with Gasteiger partial charge in [-0.1, -0.05) is 25.7 Å². The second-order valence-corrected chi connectivity index (χ2v) is 8.64. The molecule has 1 saturated heterocycles. The standard InChI is InChI=1S/C24H44N4O4/c29-21-13-5-1-9-17-25-22(30)14-6-2-11-19-27-24(32)16-8-4-12-20-28-23(31)15-7-3-10-18-26-21/h1-20H2,(H,25,30)(H,26,29)(H,27,32)(H,28,31). The van der Waals surface area contributed by atoms with Gasteiger partial charge in [0, 0.05) is 51.9 Å². The second-order valence-electron chi connectivity index (χ2n) is 8.64. The Hall–Kier alpha value is -2.12. The number of hydrogen-bond acceptors (Lipinski definition) is 4. The fourth-order valence-corrected chi connectivity index (χ4v) is 3.61. The van der Waals surface area contributed by atoms with Crippen LogP contribution in [-0.2, 0) is 19.2 Å². The summed E-state index contributed by atoms with van der Waals surface area (Å²) in [5, 5.41) is 11.7. The number of hydrogen-bond donors (Lipinski definition) is 4.